The van der Waals surface area contributed by atoms with Gasteiger partial charge >= 0.3 is 0 Å². The van der Waals surface area contributed by atoms with Gasteiger partial charge in [0.05, 0.1) is 25.8 Å². The number of hydrogen-bond acceptors (Lipinski definition) is 2. The van der Waals surface area contributed by atoms with Crippen molar-refractivity contribution >= 4 is 0 Å². The van der Waals surface area contributed by atoms with Crippen molar-refractivity contribution in [3.63, 3.8) is 0 Å². The second kappa shape index (κ2) is 3.60. The third-order valence-corrected chi connectivity index (χ3v) is 1.84. The Morgan fingerprint density at radius 2 is 2.40 bits per heavy atom. The molecule has 2 nitrogen and oxygen atoms in total. The minimum atomic E-state index is 0.584. The van der Waals surface area contributed by atoms with Gasteiger partial charge in [0.15, 0.2) is 0 Å². The van der Waals surface area contributed by atoms with Crippen molar-refractivity contribution in [3.8, 4) is 12.3 Å². The van der Waals surface area contributed by atoms with Crippen LogP contribution in [0.5, 0.6) is 0 Å². The lowest BCUT2D eigenvalue weighted by molar-refractivity contribution is -0.0587. The zero-order chi connectivity index (χ0) is 7.40. The van der Waals surface area contributed by atoms with Crippen LogP contribution < -0.4 is 0 Å². The fraction of sp³-hybridized carbons (Fsp3) is 0.750. The van der Waals surface area contributed by atoms with Crippen LogP contribution in [0.25, 0.3) is 0 Å². The maximum atomic E-state index is 5.19. The van der Waals surface area contributed by atoms with Gasteiger partial charge in [0.2, 0.25) is 0 Å². The Kier molecular flexibility index (Phi) is 2.73. The fourth-order valence-corrected chi connectivity index (χ4v) is 1.05. The lowest BCUT2D eigenvalue weighted by atomic mass is 10.2. The predicted molar refractivity (Wildman–Crippen MR) is 40.7 cm³/mol. The molecule has 1 fully saturated rings. The maximum absolute atomic E-state index is 5.19. The van der Waals surface area contributed by atoms with E-state index in [0.29, 0.717) is 6.04 Å². The van der Waals surface area contributed by atoms with Crippen molar-refractivity contribution < 1.29 is 4.74 Å². The molecule has 0 aromatic rings. The Labute approximate surface area is 62.2 Å². The number of terminal acetylenes is 1. The largest absolute Gasteiger partial charge is 0.378 e. The molecule has 56 valence electrons. The highest BCUT2D eigenvalue weighted by Crippen LogP contribution is 2.08. The Hall–Kier alpha value is -0.520. The normalized spacial score (nSPS) is 18.5. The first-order valence-electron chi connectivity index (χ1n) is 3.63. The zero-order valence-electron chi connectivity index (χ0n) is 6.34. The lowest BCUT2D eigenvalue weighted by Crippen LogP contribution is -2.48. The summed E-state index contributed by atoms with van der Waals surface area (Å²) in [6.07, 6.45) is 5.19. The van der Waals surface area contributed by atoms with E-state index >= 15 is 0 Å². The van der Waals surface area contributed by atoms with E-state index in [1.165, 1.54) is 0 Å². The second-order valence-corrected chi connectivity index (χ2v) is 2.46. The Morgan fingerprint density at radius 3 is 2.70 bits per heavy atom. The summed E-state index contributed by atoms with van der Waals surface area (Å²) in [6, 6.07) is 0.584. The molecule has 0 N–H and O–H groups in total. The van der Waals surface area contributed by atoms with Gasteiger partial charge in [-0.3, -0.25) is 4.90 Å². The highest BCUT2D eigenvalue weighted by atomic mass is 16.5. The molecule has 1 rings (SSSR count). The molecule has 0 amide bonds. The Balaban J connectivity index is 2.26. The molecule has 0 aliphatic carbocycles. The number of ether oxygens (including phenoxy) is 1. The molecule has 1 aliphatic rings. The second-order valence-electron chi connectivity index (χ2n) is 2.46. The van der Waals surface area contributed by atoms with Gasteiger partial charge in [-0.25, -0.2) is 0 Å². The minimum absolute atomic E-state index is 0.584. The predicted octanol–water partition coefficient (Wildman–Crippen LogP) is 0.340. The van der Waals surface area contributed by atoms with E-state index in [0.717, 1.165) is 26.3 Å². The van der Waals surface area contributed by atoms with Crippen LogP contribution in [0.15, 0.2) is 0 Å². The summed E-state index contributed by atoms with van der Waals surface area (Å²) in [5, 5.41) is 0. The van der Waals surface area contributed by atoms with Gasteiger partial charge < -0.3 is 4.74 Å². The molecule has 0 atom stereocenters. The van der Waals surface area contributed by atoms with Gasteiger partial charge in [-0.1, -0.05) is 12.8 Å². The Bertz CT molecular complexity index is 135. The van der Waals surface area contributed by atoms with Crippen LogP contribution in [-0.2, 0) is 4.74 Å². The molecule has 1 heterocycles. The summed E-state index contributed by atoms with van der Waals surface area (Å²) in [7, 11) is 0. The van der Waals surface area contributed by atoms with Crippen molar-refractivity contribution in [1.82, 2.24) is 4.90 Å². The van der Waals surface area contributed by atoms with E-state index in [2.05, 4.69) is 17.7 Å². The first kappa shape index (κ1) is 7.59. The number of nitrogens with zero attached hydrogens (tertiary/aromatic N) is 1. The summed E-state index contributed by atoms with van der Waals surface area (Å²) in [5.41, 5.74) is 0. The van der Waals surface area contributed by atoms with Crippen molar-refractivity contribution in [3.05, 3.63) is 0 Å². The molecule has 0 aromatic heterocycles. The SMILES string of the molecule is C#CCN(CC)C1COC1. The van der Waals surface area contributed by atoms with Crippen LogP contribution >= 0.6 is 0 Å². The van der Waals surface area contributed by atoms with Gasteiger partial charge in [0.1, 0.15) is 0 Å². The molecule has 0 unspecified atom stereocenters. The lowest BCUT2D eigenvalue weighted by Gasteiger charge is -2.35. The van der Waals surface area contributed by atoms with Crippen LogP contribution in [0, 0.1) is 12.3 Å². The topological polar surface area (TPSA) is 12.5 Å². The minimum Gasteiger partial charge on any atom is -0.378 e. The van der Waals surface area contributed by atoms with Gasteiger partial charge in [0, 0.05) is 0 Å². The summed E-state index contributed by atoms with van der Waals surface area (Å²) in [6.45, 7) is 5.61. The molecule has 10 heavy (non-hydrogen) atoms. The average Bonchev–Trinajstić information content (AvgIpc) is 1.83. The van der Waals surface area contributed by atoms with Crippen molar-refractivity contribution in [1.29, 1.82) is 0 Å². The molecule has 0 radical (unpaired) electrons. The average molecular weight is 139 g/mol. The zero-order valence-corrected chi connectivity index (χ0v) is 6.34. The smallest absolute Gasteiger partial charge is 0.0645 e. The van der Waals surface area contributed by atoms with Gasteiger partial charge in [-0.15, -0.1) is 6.42 Å². The quantitative estimate of drug-likeness (QED) is 0.523. The molecular formula is C8H13NO. The van der Waals surface area contributed by atoms with Crippen molar-refractivity contribution in [2.75, 3.05) is 26.3 Å². The van der Waals surface area contributed by atoms with Crippen LogP contribution in [-0.4, -0.2) is 37.2 Å². The summed E-state index contributed by atoms with van der Waals surface area (Å²) >= 11 is 0. The molecule has 0 spiro atoms. The number of rotatable bonds is 3. The molecule has 1 saturated heterocycles. The van der Waals surface area contributed by atoms with Crippen LogP contribution in [0.1, 0.15) is 6.92 Å². The summed E-state index contributed by atoms with van der Waals surface area (Å²) in [4.78, 5) is 2.25. The third kappa shape index (κ3) is 1.50. The molecular weight excluding hydrogens is 126 g/mol. The van der Waals surface area contributed by atoms with Crippen LogP contribution in [0.2, 0.25) is 0 Å². The third-order valence-electron chi connectivity index (χ3n) is 1.84. The molecule has 0 bridgehead atoms. The number of likely N-dealkylation sites (N-methyl/N-ethyl adjacent to an activating group) is 1. The summed E-state index contributed by atoms with van der Waals surface area (Å²) < 4.78 is 5.05. The van der Waals surface area contributed by atoms with Crippen LogP contribution in [0.4, 0.5) is 0 Å². The first-order chi connectivity index (χ1) is 4.88. The monoisotopic (exact) mass is 139 g/mol. The Morgan fingerprint density at radius 1 is 1.70 bits per heavy atom. The van der Waals surface area contributed by atoms with E-state index in [-0.39, 0.29) is 0 Å². The first-order valence-corrected chi connectivity index (χ1v) is 3.63. The fourth-order valence-electron chi connectivity index (χ4n) is 1.05. The molecule has 2 heteroatoms. The molecule has 0 aromatic carbocycles. The maximum Gasteiger partial charge on any atom is 0.0645 e. The standard InChI is InChI=1S/C8H13NO/c1-3-5-9(4-2)8-6-10-7-8/h1,8H,4-7H2,2H3. The van der Waals surface area contributed by atoms with E-state index in [4.69, 9.17) is 11.2 Å². The van der Waals surface area contributed by atoms with Gasteiger partial charge in [-0.2, -0.15) is 0 Å². The van der Waals surface area contributed by atoms with Crippen molar-refractivity contribution in [2.24, 2.45) is 0 Å². The molecule has 0 saturated carbocycles. The van der Waals surface area contributed by atoms with E-state index < -0.39 is 0 Å². The number of hydrogen-bond donors (Lipinski definition) is 0. The van der Waals surface area contributed by atoms with E-state index in [1.807, 2.05) is 0 Å². The van der Waals surface area contributed by atoms with Gasteiger partial charge in [-0.05, 0) is 6.54 Å². The highest BCUT2D eigenvalue weighted by Gasteiger charge is 2.23. The van der Waals surface area contributed by atoms with E-state index in [1.54, 1.807) is 0 Å². The van der Waals surface area contributed by atoms with Crippen molar-refractivity contribution in [2.45, 2.75) is 13.0 Å². The highest BCUT2D eigenvalue weighted by molar-refractivity contribution is 4.91. The summed E-state index contributed by atoms with van der Waals surface area (Å²) in [5.74, 6) is 2.64. The van der Waals surface area contributed by atoms with Crippen LogP contribution in [0.3, 0.4) is 0 Å². The van der Waals surface area contributed by atoms with E-state index in [9.17, 15) is 0 Å². The molecule has 1 aliphatic heterocycles. The van der Waals surface area contributed by atoms with Gasteiger partial charge in [0.25, 0.3) is 0 Å².